The number of pyridine rings is 1. The lowest BCUT2D eigenvalue weighted by Gasteiger charge is -2.46. The number of hydrogen-bond acceptors (Lipinski definition) is 4. The van der Waals surface area contributed by atoms with Gasteiger partial charge >= 0.3 is 0 Å². The number of rotatable bonds is 2. The molecule has 4 rings (SSSR count). The van der Waals surface area contributed by atoms with Crippen molar-refractivity contribution in [1.82, 2.24) is 19.7 Å². The minimum absolute atomic E-state index is 0.0574. The van der Waals surface area contributed by atoms with E-state index in [1.54, 1.807) is 15.8 Å². The zero-order chi connectivity index (χ0) is 14.8. The summed E-state index contributed by atoms with van der Waals surface area (Å²) in [6.45, 7) is 2.80. The van der Waals surface area contributed by atoms with Crippen molar-refractivity contribution in [2.45, 2.75) is 25.4 Å². The summed E-state index contributed by atoms with van der Waals surface area (Å²) in [5, 5.41) is 15.5. The van der Waals surface area contributed by atoms with Crippen molar-refractivity contribution < 1.29 is 9.90 Å². The first-order valence-electron chi connectivity index (χ1n) is 7.29. The maximum atomic E-state index is 12.5. The Morgan fingerprint density at radius 2 is 2.14 bits per heavy atom. The van der Waals surface area contributed by atoms with Gasteiger partial charge in [-0.15, -0.1) is 0 Å². The molecule has 0 atom stereocenters. The standard InChI is InChI=1S/C15H18N4O2/c1-9-12-5-10(6-16-13(12)18(2)17-9)14(20)19-7-15(21,8-19)11-3-4-11/h5-6,11,21H,3-4,7-8H2,1-2H3. The topological polar surface area (TPSA) is 71.2 Å². The molecule has 1 N–H and O–H groups in total. The van der Waals surface area contributed by atoms with Crippen molar-refractivity contribution in [3.63, 3.8) is 0 Å². The fraction of sp³-hybridized carbons (Fsp3) is 0.533. The van der Waals surface area contributed by atoms with Crippen molar-refractivity contribution in [3.8, 4) is 0 Å². The third-order valence-electron chi connectivity index (χ3n) is 4.66. The van der Waals surface area contributed by atoms with Crippen LogP contribution in [0.2, 0.25) is 0 Å². The van der Waals surface area contributed by atoms with E-state index < -0.39 is 5.60 Å². The lowest BCUT2D eigenvalue weighted by molar-refractivity contribution is -0.0958. The van der Waals surface area contributed by atoms with Gasteiger partial charge in [0.25, 0.3) is 5.91 Å². The highest BCUT2D eigenvalue weighted by molar-refractivity contribution is 5.97. The molecule has 1 saturated heterocycles. The van der Waals surface area contributed by atoms with Crippen molar-refractivity contribution >= 4 is 16.9 Å². The Hall–Kier alpha value is -1.95. The van der Waals surface area contributed by atoms with Gasteiger partial charge in [0, 0.05) is 18.6 Å². The Kier molecular flexibility index (Phi) is 2.45. The number of carbonyl (C=O) groups is 1. The van der Waals surface area contributed by atoms with E-state index in [1.807, 2.05) is 20.0 Å². The van der Waals surface area contributed by atoms with Crippen LogP contribution < -0.4 is 0 Å². The molecule has 1 saturated carbocycles. The average Bonchev–Trinajstić information content (AvgIpc) is 3.23. The first-order chi connectivity index (χ1) is 9.98. The summed E-state index contributed by atoms with van der Waals surface area (Å²) in [5.41, 5.74) is 1.57. The third kappa shape index (κ3) is 1.86. The summed E-state index contributed by atoms with van der Waals surface area (Å²) in [5.74, 6) is 0.334. The van der Waals surface area contributed by atoms with Gasteiger partial charge in [0.15, 0.2) is 5.65 Å². The first-order valence-corrected chi connectivity index (χ1v) is 7.29. The number of likely N-dealkylation sites (tertiary alicyclic amines) is 1. The Balaban J connectivity index is 1.59. The Morgan fingerprint density at radius 3 is 2.81 bits per heavy atom. The Bertz CT molecular complexity index is 741. The van der Waals surface area contributed by atoms with Gasteiger partial charge in [0.1, 0.15) is 5.60 Å². The molecule has 2 aromatic rings. The predicted octanol–water partition coefficient (Wildman–Crippen LogP) is 0.874. The molecule has 3 heterocycles. The quantitative estimate of drug-likeness (QED) is 0.889. The van der Waals surface area contributed by atoms with Gasteiger partial charge in [-0.25, -0.2) is 4.98 Å². The van der Waals surface area contributed by atoms with Crippen LogP contribution in [0.5, 0.6) is 0 Å². The van der Waals surface area contributed by atoms with Crippen molar-refractivity contribution in [3.05, 3.63) is 23.5 Å². The van der Waals surface area contributed by atoms with Crippen LogP contribution in [0.15, 0.2) is 12.3 Å². The van der Waals surface area contributed by atoms with Crippen LogP contribution in [0, 0.1) is 12.8 Å². The van der Waals surface area contributed by atoms with Gasteiger partial charge in [0.2, 0.25) is 0 Å². The highest BCUT2D eigenvalue weighted by atomic mass is 16.3. The van der Waals surface area contributed by atoms with Crippen LogP contribution in [0.3, 0.4) is 0 Å². The molecule has 0 unspecified atom stereocenters. The molecule has 0 bridgehead atoms. The second-order valence-corrected chi connectivity index (χ2v) is 6.34. The van der Waals surface area contributed by atoms with Crippen LogP contribution in [0.1, 0.15) is 28.9 Å². The molecule has 1 aliphatic heterocycles. The monoisotopic (exact) mass is 286 g/mol. The minimum atomic E-state index is -0.641. The molecule has 21 heavy (non-hydrogen) atoms. The fourth-order valence-electron chi connectivity index (χ4n) is 3.24. The van der Waals surface area contributed by atoms with Gasteiger partial charge in [-0.05, 0) is 31.7 Å². The molecule has 1 aliphatic carbocycles. The number of β-amino-alcohol motifs (C(OH)–C–C–N with tert-alkyl or cyclic N) is 1. The number of amides is 1. The summed E-state index contributed by atoms with van der Waals surface area (Å²) in [6, 6.07) is 1.85. The molecule has 2 aliphatic rings. The van der Waals surface area contributed by atoms with E-state index in [4.69, 9.17) is 0 Å². The van der Waals surface area contributed by atoms with Crippen LogP contribution in [-0.4, -0.2) is 49.4 Å². The number of aliphatic hydroxyl groups is 1. The average molecular weight is 286 g/mol. The molecule has 110 valence electrons. The number of fused-ring (bicyclic) bond motifs is 1. The van der Waals surface area contributed by atoms with Crippen LogP contribution in [-0.2, 0) is 7.05 Å². The number of carbonyl (C=O) groups excluding carboxylic acids is 1. The van der Waals surface area contributed by atoms with Crippen LogP contribution >= 0.6 is 0 Å². The number of aromatic nitrogens is 3. The van der Waals surface area contributed by atoms with Crippen molar-refractivity contribution in [2.24, 2.45) is 13.0 Å². The second-order valence-electron chi connectivity index (χ2n) is 6.34. The molecule has 0 aromatic carbocycles. The Morgan fingerprint density at radius 1 is 1.43 bits per heavy atom. The summed E-state index contributed by atoms with van der Waals surface area (Å²) >= 11 is 0. The lowest BCUT2D eigenvalue weighted by Crippen LogP contribution is -2.64. The van der Waals surface area contributed by atoms with E-state index in [9.17, 15) is 9.90 Å². The molecule has 6 heteroatoms. The van der Waals surface area contributed by atoms with E-state index in [2.05, 4.69) is 10.1 Å². The first kappa shape index (κ1) is 12.8. The zero-order valence-corrected chi connectivity index (χ0v) is 12.2. The molecular formula is C15H18N4O2. The van der Waals surface area contributed by atoms with E-state index in [-0.39, 0.29) is 5.91 Å². The fourth-order valence-corrected chi connectivity index (χ4v) is 3.24. The Labute approximate surface area is 122 Å². The van der Waals surface area contributed by atoms with Crippen LogP contribution in [0.4, 0.5) is 0 Å². The summed E-state index contributed by atoms with van der Waals surface area (Å²) in [4.78, 5) is 18.5. The normalized spacial score (nSPS) is 20.6. The molecule has 0 spiro atoms. The van der Waals surface area contributed by atoms with Crippen molar-refractivity contribution in [1.29, 1.82) is 0 Å². The maximum Gasteiger partial charge on any atom is 0.255 e. The highest BCUT2D eigenvalue weighted by Gasteiger charge is 2.53. The second kappa shape index (κ2) is 4.04. The smallest absolute Gasteiger partial charge is 0.255 e. The summed E-state index contributed by atoms with van der Waals surface area (Å²) in [6.07, 6.45) is 3.77. The van der Waals surface area contributed by atoms with Gasteiger partial charge in [-0.1, -0.05) is 0 Å². The molecule has 2 fully saturated rings. The predicted molar refractivity (Wildman–Crippen MR) is 76.8 cm³/mol. The van der Waals surface area contributed by atoms with Gasteiger partial charge in [0.05, 0.1) is 24.3 Å². The van der Waals surface area contributed by atoms with E-state index >= 15 is 0 Å². The molecule has 6 nitrogen and oxygen atoms in total. The summed E-state index contributed by atoms with van der Waals surface area (Å²) in [7, 11) is 1.84. The molecule has 1 amide bonds. The van der Waals surface area contributed by atoms with E-state index in [0.29, 0.717) is 24.6 Å². The number of hydrogen-bond donors (Lipinski definition) is 1. The van der Waals surface area contributed by atoms with Gasteiger partial charge in [-0.3, -0.25) is 9.48 Å². The number of nitrogens with zero attached hydrogens (tertiary/aromatic N) is 4. The van der Waals surface area contributed by atoms with Gasteiger partial charge in [-0.2, -0.15) is 5.10 Å². The zero-order valence-electron chi connectivity index (χ0n) is 12.2. The molecular weight excluding hydrogens is 268 g/mol. The van der Waals surface area contributed by atoms with Gasteiger partial charge < -0.3 is 10.0 Å². The van der Waals surface area contributed by atoms with E-state index in [1.165, 1.54) is 0 Å². The highest BCUT2D eigenvalue weighted by Crippen LogP contribution is 2.44. The van der Waals surface area contributed by atoms with E-state index in [0.717, 1.165) is 29.6 Å². The largest absolute Gasteiger partial charge is 0.386 e. The third-order valence-corrected chi connectivity index (χ3v) is 4.66. The SMILES string of the molecule is Cc1nn(C)c2ncc(C(=O)N3CC(O)(C4CC4)C3)cc12. The molecule has 0 radical (unpaired) electrons. The lowest BCUT2D eigenvalue weighted by atomic mass is 9.88. The number of aryl methyl sites for hydroxylation is 2. The van der Waals surface area contributed by atoms with Crippen LogP contribution in [0.25, 0.3) is 11.0 Å². The minimum Gasteiger partial charge on any atom is -0.386 e. The molecule has 2 aromatic heterocycles. The van der Waals surface area contributed by atoms with Crippen molar-refractivity contribution in [2.75, 3.05) is 13.1 Å². The maximum absolute atomic E-state index is 12.5. The summed E-state index contributed by atoms with van der Waals surface area (Å²) < 4.78 is 1.72.